The Morgan fingerprint density at radius 3 is 2.26 bits per heavy atom. The Kier molecular flexibility index (Phi) is 4.63. The van der Waals surface area contributed by atoms with Gasteiger partial charge in [0.1, 0.15) is 11.9 Å². The summed E-state index contributed by atoms with van der Waals surface area (Å²) in [4.78, 5) is 26.0. The molecule has 2 N–H and O–H groups in total. The molecule has 0 radical (unpaired) electrons. The average molecular weight is 327 g/mol. The topological polar surface area (TPSA) is 66.9 Å². The predicted molar refractivity (Wildman–Crippen MR) is 80.6 cm³/mol. The molecule has 2 rings (SSSR count). The van der Waals surface area contributed by atoms with Crippen molar-refractivity contribution in [3.8, 4) is 0 Å². The highest BCUT2D eigenvalue weighted by molar-refractivity contribution is 5.36. The number of alkyl halides is 3. The van der Waals surface area contributed by atoms with Gasteiger partial charge >= 0.3 is 11.9 Å². The van der Waals surface area contributed by atoms with Gasteiger partial charge in [-0.25, -0.2) is 9.36 Å². The summed E-state index contributed by atoms with van der Waals surface area (Å²) < 4.78 is 38.2. The fourth-order valence-corrected chi connectivity index (χ4v) is 2.15. The Labute approximate surface area is 129 Å². The van der Waals surface area contributed by atoms with Crippen LogP contribution in [0.4, 0.5) is 19.0 Å². The predicted octanol–water partition coefficient (Wildman–Crippen LogP) is 2.83. The van der Waals surface area contributed by atoms with Crippen LogP contribution in [0.15, 0.2) is 46.0 Å². The molecular formula is C15H16F3N3O2. The fourth-order valence-electron chi connectivity index (χ4n) is 2.15. The maximum absolute atomic E-state index is 12.7. The van der Waals surface area contributed by atoms with Crippen LogP contribution in [0.3, 0.4) is 0 Å². The van der Waals surface area contributed by atoms with E-state index in [-0.39, 0.29) is 16.4 Å². The van der Waals surface area contributed by atoms with Crippen LogP contribution in [0, 0.1) is 0 Å². The zero-order valence-corrected chi connectivity index (χ0v) is 12.5. The lowest BCUT2D eigenvalue weighted by atomic mass is 10.1. The maximum atomic E-state index is 12.7. The average Bonchev–Trinajstić information content (AvgIpc) is 2.46. The van der Waals surface area contributed by atoms with Gasteiger partial charge in [-0.3, -0.25) is 9.78 Å². The summed E-state index contributed by atoms with van der Waals surface area (Å²) in [5.41, 5.74) is -1.22. The summed E-state index contributed by atoms with van der Waals surface area (Å²) in [5, 5.41) is 2.89. The highest BCUT2D eigenvalue weighted by atomic mass is 19.4. The van der Waals surface area contributed by atoms with Crippen LogP contribution in [-0.4, -0.2) is 15.7 Å². The summed E-state index contributed by atoms with van der Waals surface area (Å²) >= 11 is 0. The van der Waals surface area contributed by atoms with Crippen LogP contribution < -0.4 is 16.6 Å². The summed E-state index contributed by atoms with van der Waals surface area (Å²) in [6.07, 6.45) is -4.68. The van der Waals surface area contributed by atoms with Crippen molar-refractivity contribution in [2.24, 2.45) is 0 Å². The van der Waals surface area contributed by atoms with Crippen LogP contribution in [0.25, 0.3) is 0 Å². The van der Waals surface area contributed by atoms with E-state index in [1.807, 2.05) is 30.3 Å². The zero-order chi connectivity index (χ0) is 17.2. The van der Waals surface area contributed by atoms with E-state index in [2.05, 4.69) is 10.3 Å². The summed E-state index contributed by atoms with van der Waals surface area (Å²) in [5.74, 6) is 0.0713. The first-order chi connectivity index (χ1) is 10.7. The van der Waals surface area contributed by atoms with Crippen molar-refractivity contribution in [3.63, 3.8) is 0 Å². The van der Waals surface area contributed by atoms with Crippen molar-refractivity contribution < 1.29 is 13.2 Å². The van der Waals surface area contributed by atoms with Crippen LogP contribution >= 0.6 is 0 Å². The second-order valence-electron chi connectivity index (χ2n) is 5.19. The molecule has 0 amide bonds. The first kappa shape index (κ1) is 16.9. The highest BCUT2D eigenvalue weighted by Crippen LogP contribution is 2.27. The lowest BCUT2D eigenvalue weighted by Gasteiger charge is -2.19. The van der Waals surface area contributed by atoms with Gasteiger partial charge in [0.25, 0.3) is 5.56 Å². The molecule has 1 heterocycles. The lowest BCUT2D eigenvalue weighted by Crippen LogP contribution is -2.42. The highest BCUT2D eigenvalue weighted by Gasteiger charge is 2.39. The molecule has 0 aliphatic rings. The number of nitrogens with zero attached hydrogens (tertiary/aromatic N) is 1. The molecule has 0 aliphatic heterocycles. The van der Waals surface area contributed by atoms with E-state index in [9.17, 15) is 22.8 Å². The molecule has 0 fully saturated rings. The second-order valence-corrected chi connectivity index (χ2v) is 5.19. The minimum Gasteiger partial charge on any atom is -0.365 e. The van der Waals surface area contributed by atoms with E-state index in [1.54, 1.807) is 6.92 Å². The number of aromatic amines is 1. The molecule has 1 aromatic carbocycles. The first-order valence-electron chi connectivity index (χ1n) is 6.94. The minimum atomic E-state index is -4.68. The second kappa shape index (κ2) is 6.31. The molecule has 0 spiro atoms. The minimum absolute atomic E-state index is 0.0713. The van der Waals surface area contributed by atoms with Crippen LogP contribution in [0.1, 0.15) is 31.5 Å². The van der Waals surface area contributed by atoms with Gasteiger partial charge in [0.15, 0.2) is 0 Å². The number of aromatic nitrogens is 2. The van der Waals surface area contributed by atoms with Crippen molar-refractivity contribution >= 4 is 5.82 Å². The molecule has 0 unspecified atom stereocenters. The quantitative estimate of drug-likeness (QED) is 0.907. The van der Waals surface area contributed by atoms with Crippen molar-refractivity contribution in [1.29, 1.82) is 0 Å². The summed E-state index contributed by atoms with van der Waals surface area (Å²) in [7, 11) is 0. The number of anilines is 1. The molecule has 23 heavy (non-hydrogen) atoms. The Bertz CT molecular complexity index is 750. The van der Waals surface area contributed by atoms with Crippen molar-refractivity contribution in [2.75, 3.05) is 5.32 Å². The molecule has 8 heteroatoms. The molecule has 0 saturated heterocycles. The monoisotopic (exact) mass is 327 g/mol. The van der Waals surface area contributed by atoms with Crippen LogP contribution in [0.2, 0.25) is 0 Å². The van der Waals surface area contributed by atoms with Gasteiger partial charge in [-0.15, -0.1) is 0 Å². The van der Waals surface area contributed by atoms with E-state index < -0.39 is 23.5 Å². The SMILES string of the molecule is C[C@H](Nc1cc(=O)n([C@@H](C)C(F)(F)F)c(=O)[nH]1)c1ccccc1. The Morgan fingerprint density at radius 1 is 1.13 bits per heavy atom. The third-order valence-electron chi connectivity index (χ3n) is 3.50. The van der Waals surface area contributed by atoms with Crippen LogP contribution in [-0.2, 0) is 0 Å². The van der Waals surface area contributed by atoms with Crippen LogP contribution in [0.5, 0.6) is 0 Å². The summed E-state index contributed by atoms with van der Waals surface area (Å²) in [6.45, 7) is 2.56. The number of halogens is 3. The number of rotatable bonds is 4. The van der Waals surface area contributed by atoms with Gasteiger partial charge in [-0.05, 0) is 19.4 Å². The largest absolute Gasteiger partial charge is 0.409 e. The van der Waals surface area contributed by atoms with E-state index in [0.29, 0.717) is 0 Å². The van der Waals surface area contributed by atoms with E-state index in [0.717, 1.165) is 18.6 Å². The lowest BCUT2D eigenvalue weighted by molar-refractivity contribution is -0.164. The van der Waals surface area contributed by atoms with E-state index >= 15 is 0 Å². The normalized spacial score (nSPS) is 14.3. The zero-order valence-electron chi connectivity index (χ0n) is 12.5. The smallest absolute Gasteiger partial charge is 0.365 e. The molecule has 2 atom stereocenters. The fraction of sp³-hybridized carbons (Fsp3) is 0.333. The Morgan fingerprint density at radius 2 is 1.74 bits per heavy atom. The molecule has 124 valence electrons. The van der Waals surface area contributed by atoms with Gasteiger partial charge in [0.2, 0.25) is 0 Å². The molecule has 0 aliphatic carbocycles. The van der Waals surface area contributed by atoms with E-state index in [1.165, 1.54) is 0 Å². The van der Waals surface area contributed by atoms with Crippen molar-refractivity contribution in [2.45, 2.75) is 32.1 Å². The molecule has 2 aromatic rings. The summed E-state index contributed by atoms with van der Waals surface area (Å²) in [6, 6.07) is 7.73. The van der Waals surface area contributed by atoms with Gasteiger partial charge in [0.05, 0.1) is 0 Å². The number of benzene rings is 1. The molecule has 5 nitrogen and oxygen atoms in total. The molecule has 0 saturated carbocycles. The van der Waals surface area contributed by atoms with Gasteiger partial charge in [-0.1, -0.05) is 30.3 Å². The number of H-pyrrole nitrogens is 1. The number of hydrogen-bond donors (Lipinski definition) is 2. The van der Waals surface area contributed by atoms with Crippen molar-refractivity contribution in [3.05, 3.63) is 62.8 Å². The third-order valence-corrected chi connectivity index (χ3v) is 3.50. The van der Waals surface area contributed by atoms with Gasteiger partial charge in [-0.2, -0.15) is 13.2 Å². The van der Waals surface area contributed by atoms with Crippen molar-refractivity contribution in [1.82, 2.24) is 9.55 Å². The van der Waals surface area contributed by atoms with Gasteiger partial charge in [0, 0.05) is 12.1 Å². The Balaban J connectivity index is 2.31. The van der Waals surface area contributed by atoms with E-state index in [4.69, 9.17) is 0 Å². The third kappa shape index (κ3) is 3.82. The number of nitrogens with one attached hydrogen (secondary N) is 2. The number of hydrogen-bond acceptors (Lipinski definition) is 3. The van der Waals surface area contributed by atoms with Gasteiger partial charge < -0.3 is 5.32 Å². The molecule has 1 aromatic heterocycles. The molecule has 0 bridgehead atoms. The maximum Gasteiger partial charge on any atom is 0.409 e. The standard InChI is InChI=1S/C15H16F3N3O2/c1-9(11-6-4-3-5-7-11)19-12-8-13(22)21(14(23)20-12)10(2)15(16,17)18/h3-10,19H,1-2H3,(H,20,23)/t9-,10-/m0/s1. The Hall–Kier alpha value is -2.51. The first-order valence-corrected chi connectivity index (χ1v) is 6.94. The molecular weight excluding hydrogens is 311 g/mol.